The number of hydrogen-bond donors (Lipinski definition) is 1. The van der Waals surface area contributed by atoms with Crippen LogP contribution in [0, 0.1) is 12.7 Å². The number of benzene rings is 1. The van der Waals surface area contributed by atoms with Gasteiger partial charge in [0.2, 0.25) is 0 Å². The van der Waals surface area contributed by atoms with Crippen molar-refractivity contribution in [2.45, 2.75) is 32.3 Å². The Bertz CT molecular complexity index is 417. The quantitative estimate of drug-likeness (QED) is 0.810. The minimum atomic E-state index is -0.161. The first-order valence-corrected chi connectivity index (χ1v) is 6.52. The van der Waals surface area contributed by atoms with Crippen molar-refractivity contribution in [2.75, 3.05) is 13.1 Å². The van der Waals surface area contributed by atoms with Crippen LogP contribution in [0.4, 0.5) is 4.39 Å². The maximum Gasteiger partial charge on any atom is 0.123 e. The molecule has 1 heterocycles. The molecule has 0 aromatic heterocycles. The van der Waals surface area contributed by atoms with Gasteiger partial charge in [-0.05, 0) is 62.1 Å². The molecule has 1 aliphatic heterocycles. The van der Waals surface area contributed by atoms with Gasteiger partial charge in [-0.25, -0.2) is 4.39 Å². The lowest BCUT2D eigenvalue weighted by Crippen LogP contribution is -2.30. The number of ether oxygens (including phenoxy) is 1. The molecule has 98 valence electrons. The second-order valence-corrected chi connectivity index (χ2v) is 4.73. The molecule has 0 saturated carbocycles. The maximum absolute atomic E-state index is 12.9. The van der Waals surface area contributed by atoms with E-state index in [-0.39, 0.29) is 5.82 Å². The Labute approximate surface area is 108 Å². The first kappa shape index (κ1) is 13.1. The smallest absolute Gasteiger partial charge is 0.123 e. The van der Waals surface area contributed by atoms with E-state index in [1.54, 1.807) is 12.3 Å². The Morgan fingerprint density at radius 2 is 2.33 bits per heavy atom. The van der Waals surface area contributed by atoms with Crippen LogP contribution in [0.5, 0.6) is 0 Å². The summed E-state index contributed by atoms with van der Waals surface area (Å²) in [5, 5.41) is 3.39. The van der Waals surface area contributed by atoms with Gasteiger partial charge in [-0.1, -0.05) is 6.07 Å². The number of halogens is 1. The summed E-state index contributed by atoms with van der Waals surface area (Å²) >= 11 is 0. The zero-order valence-electron chi connectivity index (χ0n) is 10.8. The highest BCUT2D eigenvalue weighted by Crippen LogP contribution is 2.11. The van der Waals surface area contributed by atoms with Crippen LogP contribution in [-0.2, 0) is 11.2 Å². The number of aryl methyl sites for hydroxylation is 1. The zero-order chi connectivity index (χ0) is 12.8. The van der Waals surface area contributed by atoms with Crippen molar-refractivity contribution in [3.05, 3.63) is 47.5 Å². The number of allylic oxidation sites excluding steroid dienone is 1. The van der Waals surface area contributed by atoms with Gasteiger partial charge in [0.1, 0.15) is 11.9 Å². The van der Waals surface area contributed by atoms with Crippen molar-refractivity contribution < 1.29 is 9.13 Å². The van der Waals surface area contributed by atoms with Crippen molar-refractivity contribution in [3.63, 3.8) is 0 Å². The van der Waals surface area contributed by atoms with Crippen molar-refractivity contribution in [1.82, 2.24) is 5.32 Å². The van der Waals surface area contributed by atoms with E-state index in [0.29, 0.717) is 6.10 Å². The molecule has 1 atom stereocenters. The third kappa shape index (κ3) is 3.84. The molecule has 1 aromatic carbocycles. The van der Waals surface area contributed by atoms with Crippen LogP contribution in [0.25, 0.3) is 0 Å². The van der Waals surface area contributed by atoms with Gasteiger partial charge in [0.05, 0.1) is 6.26 Å². The van der Waals surface area contributed by atoms with Gasteiger partial charge in [-0.3, -0.25) is 0 Å². The Hall–Kier alpha value is -1.35. The summed E-state index contributed by atoms with van der Waals surface area (Å²) < 4.78 is 18.4. The van der Waals surface area contributed by atoms with Gasteiger partial charge >= 0.3 is 0 Å². The number of rotatable bonds is 5. The van der Waals surface area contributed by atoms with Gasteiger partial charge in [0.15, 0.2) is 0 Å². The third-order valence-electron chi connectivity index (χ3n) is 3.27. The standard InChI is InChI=1S/C15H20FNO/c1-12-10-14(16)6-5-13(12)7-8-17-11-15-4-2-3-9-18-15/h3,5-6,9-10,15,17H,2,4,7-8,11H2,1H3. The van der Waals surface area contributed by atoms with Gasteiger partial charge in [0.25, 0.3) is 0 Å². The molecular weight excluding hydrogens is 229 g/mol. The van der Waals surface area contributed by atoms with E-state index >= 15 is 0 Å². The normalized spacial score (nSPS) is 18.7. The number of hydrogen-bond acceptors (Lipinski definition) is 2. The zero-order valence-corrected chi connectivity index (χ0v) is 10.8. The molecule has 0 aliphatic carbocycles. The van der Waals surface area contributed by atoms with Crippen molar-refractivity contribution in [2.24, 2.45) is 0 Å². The fourth-order valence-corrected chi connectivity index (χ4v) is 2.16. The molecule has 2 nitrogen and oxygen atoms in total. The molecule has 2 rings (SSSR count). The topological polar surface area (TPSA) is 21.3 Å². The molecule has 1 N–H and O–H groups in total. The largest absolute Gasteiger partial charge is 0.497 e. The highest BCUT2D eigenvalue weighted by Gasteiger charge is 2.09. The van der Waals surface area contributed by atoms with Gasteiger partial charge in [0, 0.05) is 6.54 Å². The molecular formula is C15H20FNO. The van der Waals surface area contributed by atoms with Crippen LogP contribution in [0.2, 0.25) is 0 Å². The van der Waals surface area contributed by atoms with E-state index in [1.807, 2.05) is 13.0 Å². The summed E-state index contributed by atoms with van der Waals surface area (Å²) in [5.41, 5.74) is 2.22. The van der Waals surface area contributed by atoms with E-state index in [4.69, 9.17) is 4.74 Å². The molecule has 1 aromatic rings. The van der Waals surface area contributed by atoms with Crippen molar-refractivity contribution >= 4 is 0 Å². The van der Waals surface area contributed by atoms with E-state index in [1.165, 1.54) is 11.6 Å². The average Bonchev–Trinajstić information content (AvgIpc) is 2.38. The minimum Gasteiger partial charge on any atom is -0.497 e. The van der Waals surface area contributed by atoms with Crippen LogP contribution in [0.1, 0.15) is 24.0 Å². The minimum absolute atomic E-state index is 0.161. The second-order valence-electron chi connectivity index (χ2n) is 4.73. The predicted octanol–water partition coefficient (Wildman–Crippen LogP) is 2.96. The van der Waals surface area contributed by atoms with Crippen LogP contribution < -0.4 is 5.32 Å². The summed E-state index contributed by atoms with van der Waals surface area (Å²) in [6, 6.07) is 4.98. The van der Waals surface area contributed by atoms with Crippen LogP contribution >= 0.6 is 0 Å². The lowest BCUT2D eigenvalue weighted by Gasteiger charge is -2.19. The Kier molecular flexibility index (Phi) is 4.76. The molecule has 1 unspecified atom stereocenters. The number of nitrogens with one attached hydrogen (secondary N) is 1. The van der Waals surface area contributed by atoms with Crippen LogP contribution in [-0.4, -0.2) is 19.2 Å². The first-order chi connectivity index (χ1) is 8.75. The van der Waals surface area contributed by atoms with Gasteiger partial charge < -0.3 is 10.1 Å². The molecule has 0 fully saturated rings. The molecule has 3 heteroatoms. The fourth-order valence-electron chi connectivity index (χ4n) is 2.16. The third-order valence-corrected chi connectivity index (χ3v) is 3.27. The summed E-state index contributed by atoms with van der Waals surface area (Å²) in [6.07, 6.45) is 7.25. The second kappa shape index (κ2) is 6.55. The Morgan fingerprint density at radius 3 is 3.06 bits per heavy atom. The molecule has 1 aliphatic rings. The molecule has 18 heavy (non-hydrogen) atoms. The highest BCUT2D eigenvalue weighted by atomic mass is 19.1. The summed E-state index contributed by atoms with van der Waals surface area (Å²) in [4.78, 5) is 0. The highest BCUT2D eigenvalue weighted by molar-refractivity contribution is 5.26. The van der Waals surface area contributed by atoms with E-state index < -0.39 is 0 Å². The SMILES string of the molecule is Cc1cc(F)ccc1CCNCC1CCC=CO1. The summed E-state index contributed by atoms with van der Waals surface area (Å²) in [7, 11) is 0. The van der Waals surface area contributed by atoms with Crippen molar-refractivity contribution in [3.8, 4) is 0 Å². The Morgan fingerprint density at radius 1 is 1.44 bits per heavy atom. The molecule has 0 saturated heterocycles. The summed E-state index contributed by atoms with van der Waals surface area (Å²) in [6.45, 7) is 3.73. The Balaban J connectivity index is 1.70. The molecule has 0 radical (unpaired) electrons. The molecule has 0 spiro atoms. The lowest BCUT2D eigenvalue weighted by molar-refractivity contribution is 0.123. The van der Waals surface area contributed by atoms with Crippen LogP contribution in [0.15, 0.2) is 30.5 Å². The summed E-state index contributed by atoms with van der Waals surface area (Å²) in [5.74, 6) is -0.161. The van der Waals surface area contributed by atoms with E-state index in [0.717, 1.165) is 37.9 Å². The molecule has 0 bridgehead atoms. The van der Waals surface area contributed by atoms with Crippen molar-refractivity contribution in [1.29, 1.82) is 0 Å². The first-order valence-electron chi connectivity index (χ1n) is 6.52. The van der Waals surface area contributed by atoms with E-state index in [2.05, 4.69) is 11.4 Å². The maximum atomic E-state index is 12.9. The van der Waals surface area contributed by atoms with E-state index in [9.17, 15) is 4.39 Å². The predicted molar refractivity (Wildman–Crippen MR) is 71.0 cm³/mol. The van der Waals surface area contributed by atoms with Gasteiger partial charge in [-0.2, -0.15) is 0 Å². The lowest BCUT2D eigenvalue weighted by atomic mass is 10.1. The van der Waals surface area contributed by atoms with Gasteiger partial charge in [-0.15, -0.1) is 0 Å². The monoisotopic (exact) mass is 249 g/mol. The fraction of sp³-hybridized carbons (Fsp3) is 0.467. The van der Waals surface area contributed by atoms with Crippen LogP contribution in [0.3, 0.4) is 0 Å². The average molecular weight is 249 g/mol. The molecule has 0 amide bonds.